The summed E-state index contributed by atoms with van der Waals surface area (Å²) in [6.45, 7) is 1.08. The summed E-state index contributed by atoms with van der Waals surface area (Å²) in [5.74, 6) is -0.582. The molecule has 6 heteroatoms. The molecule has 0 N–H and O–H groups in total. The van der Waals surface area contributed by atoms with Crippen molar-refractivity contribution in [1.82, 2.24) is 9.80 Å². The predicted molar refractivity (Wildman–Crippen MR) is 106 cm³/mol. The summed E-state index contributed by atoms with van der Waals surface area (Å²) < 4.78 is 0. The Kier molecular flexibility index (Phi) is 5.18. The van der Waals surface area contributed by atoms with Gasteiger partial charge in [-0.15, -0.1) is 0 Å². The van der Waals surface area contributed by atoms with Gasteiger partial charge in [0.25, 0.3) is 11.8 Å². The van der Waals surface area contributed by atoms with Gasteiger partial charge >= 0.3 is 0 Å². The quantitative estimate of drug-likeness (QED) is 0.744. The molecule has 1 saturated heterocycles. The van der Waals surface area contributed by atoms with Crippen LogP contribution < -0.4 is 0 Å². The number of hydrogen-bond donors (Lipinski definition) is 0. The smallest absolute Gasteiger partial charge is 0.263 e. The average molecular weight is 397 g/mol. The molecule has 2 aliphatic heterocycles. The minimum Gasteiger partial charge on any atom is -0.341 e. The van der Waals surface area contributed by atoms with Gasteiger partial charge in [-0.1, -0.05) is 48.0 Å². The first-order valence-corrected chi connectivity index (χ1v) is 9.89. The molecule has 2 heterocycles. The topological polar surface area (TPSA) is 57.7 Å². The van der Waals surface area contributed by atoms with Gasteiger partial charge in [-0.05, 0) is 42.9 Å². The summed E-state index contributed by atoms with van der Waals surface area (Å²) in [6.07, 6.45) is 2.86. The Bertz CT molecular complexity index is 921. The van der Waals surface area contributed by atoms with E-state index in [4.69, 9.17) is 11.6 Å². The van der Waals surface area contributed by atoms with Gasteiger partial charge in [0.15, 0.2) is 0 Å². The molecule has 28 heavy (non-hydrogen) atoms. The molecule has 2 aliphatic rings. The fourth-order valence-corrected chi connectivity index (χ4v) is 4.26. The Hall–Kier alpha value is -2.66. The largest absolute Gasteiger partial charge is 0.341 e. The molecule has 0 radical (unpaired) electrons. The van der Waals surface area contributed by atoms with Crippen molar-refractivity contribution in [3.63, 3.8) is 0 Å². The van der Waals surface area contributed by atoms with Crippen LogP contribution in [0.4, 0.5) is 0 Å². The van der Waals surface area contributed by atoms with Crippen molar-refractivity contribution in [2.45, 2.75) is 19.3 Å². The number of likely N-dealkylation sites (tertiary alicyclic amines) is 1. The third-order valence-corrected chi connectivity index (χ3v) is 5.89. The van der Waals surface area contributed by atoms with Gasteiger partial charge < -0.3 is 4.90 Å². The van der Waals surface area contributed by atoms with E-state index in [1.165, 1.54) is 5.56 Å². The number of fused-ring (bicyclic) bond motifs is 1. The number of carbonyl (C=O) groups excluding carboxylic acids is 3. The second kappa shape index (κ2) is 7.76. The molecule has 2 aromatic carbocycles. The Labute approximate surface area is 168 Å². The van der Waals surface area contributed by atoms with Gasteiger partial charge in [0.1, 0.15) is 6.54 Å². The highest BCUT2D eigenvalue weighted by Gasteiger charge is 2.39. The third kappa shape index (κ3) is 3.54. The van der Waals surface area contributed by atoms with E-state index in [0.717, 1.165) is 24.2 Å². The first kappa shape index (κ1) is 18.7. The first-order chi connectivity index (χ1) is 13.5. The van der Waals surface area contributed by atoms with Crippen molar-refractivity contribution in [3.05, 3.63) is 70.2 Å². The normalized spacial score (nSPS) is 17.2. The second-order valence-electron chi connectivity index (χ2n) is 7.37. The van der Waals surface area contributed by atoms with Crippen LogP contribution in [0.5, 0.6) is 0 Å². The third-order valence-electron chi connectivity index (χ3n) is 5.58. The van der Waals surface area contributed by atoms with E-state index in [1.54, 1.807) is 23.1 Å². The van der Waals surface area contributed by atoms with Gasteiger partial charge in [0.05, 0.1) is 16.1 Å². The van der Waals surface area contributed by atoms with E-state index in [0.29, 0.717) is 19.0 Å². The number of carbonyl (C=O) groups is 3. The summed E-state index contributed by atoms with van der Waals surface area (Å²) in [5, 5.41) is 0.243. The van der Waals surface area contributed by atoms with Gasteiger partial charge in [-0.25, -0.2) is 0 Å². The van der Waals surface area contributed by atoms with E-state index in [2.05, 4.69) is 12.1 Å². The standard InChI is InChI=1S/C22H21ClN2O3/c23-18-8-4-7-17-20(18)22(28)25(21(17)27)14-19(26)24-11-9-16(10-12-24)13-15-5-2-1-3-6-15/h1-8,16H,9-14H2. The van der Waals surface area contributed by atoms with Gasteiger partial charge in [-0.3, -0.25) is 19.3 Å². The monoisotopic (exact) mass is 396 g/mol. The van der Waals surface area contributed by atoms with E-state index in [-0.39, 0.29) is 28.6 Å². The predicted octanol–water partition coefficient (Wildman–Crippen LogP) is 3.42. The maximum atomic E-state index is 12.7. The summed E-state index contributed by atoms with van der Waals surface area (Å²) in [4.78, 5) is 40.5. The van der Waals surface area contributed by atoms with Gasteiger partial charge in [0, 0.05) is 13.1 Å². The number of benzene rings is 2. The Morgan fingerprint density at radius 2 is 1.68 bits per heavy atom. The van der Waals surface area contributed by atoms with Crippen LogP contribution >= 0.6 is 11.6 Å². The molecular weight excluding hydrogens is 376 g/mol. The number of amides is 3. The summed E-state index contributed by atoms with van der Waals surface area (Å²) >= 11 is 6.07. The summed E-state index contributed by atoms with van der Waals surface area (Å²) in [6, 6.07) is 15.1. The molecule has 0 bridgehead atoms. The van der Waals surface area contributed by atoms with Crippen LogP contribution in [0.2, 0.25) is 5.02 Å². The van der Waals surface area contributed by atoms with E-state index in [9.17, 15) is 14.4 Å². The molecule has 0 spiro atoms. The number of hydrogen-bond acceptors (Lipinski definition) is 3. The molecule has 0 aromatic heterocycles. The molecule has 4 rings (SSSR count). The first-order valence-electron chi connectivity index (χ1n) is 9.51. The van der Waals surface area contributed by atoms with Crippen molar-refractivity contribution in [2.75, 3.05) is 19.6 Å². The molecule has 0 aliphatic carbocycles. The Morgan fingerprint density at radius 1 is 0.964 bits per heavy atom. The Balaban J connectivity index is 1.35. The van der Waals surface area contributed by atoms with Crippen LogP contribution in [-0.4, -0.2) is 47.2 Å². The van der Waals surface area contributed by atoms with Gasteiger partial charge in [0.2, 0.25) is 5.91 Å². The number of nitrogens with zero attached hydrogens (tertiary/aromatic N) is 2. The lowest BCUT2D eigenvalue weighted by molar-refractivity contribution is -0.132. The fourth-order valence-electron chi connectivity index (χ4n) is 4.01. The molecule has 144 valence electrons. The molecular formula is C22H21ClN2O3. The maximum Gasteiger partial charge on any atom is 0.263 e. The van der Waals surface area contributed by atoms with Crippen molar-refractivity contribution >= 4 is 29.3 Å². The van der Waals surface area contributed by atoms with Crippen molar-refractivity contribution in [2.24, 2.45) is 5.92 Å². The lowest BCUT2D eigenvalue weighted by Crippen LogP contribution is -2.45. The van der Waals surface area contributed by atoms with Crippen molar-refractivity contribution in [1.29, 1.82) is 0 Å². The van der Waals surface area contributed by atoms with Crippen LogP contribution in [0.1, 0.15) is 39.1 Å². The number of rotatable bonds is 4. The second-order valence-corrected chi connectivity index (χ2v) is 7.78. The SMILES string of the molecule is O=C(CN1C(=O)c2cccc(Cl)c2C1=O)N1CCC(Cc2ccccc2)CC1. The Morgan fingerprint density at radius 3 is 2.36 bits per heavy atom. The van der Waals surface area contributed by atoms with Gasteiger partial charge in [-0.2, -0.15) is 0 Å². The fraction of sp³-hybridized carbons (Fsp3) is 0.318. The lowest BCUT2D eigenvalue weighted by Gasteiger charge is -2.33. The lowest BCUT2D eigenvalue weighted by atomic mass is 9.90. The van der Waals surface area contributed by atoms with Crippen molar-refractivity contribution < 1.29 is 14.4 Å². The summed E-state index contributed by atoms with van der Waals surface area (Å²) in [7, 11) is 0. The van der Waals surface area contributed by atoms with Crippen LogP contribution in [0.25, 0.3) is 0 Å². The highest BCUT2D eigenvalue weighted by molar-refractivity contribution is 6.37. The molecule has 2 aromatic rings. The minimum absolute atomic E-state index is 0.191. The molecule has 0 atom stereocenters. The number of halogens is 1. The molecule has 1 fully saturated rings. The summed E-state index contributed by atoms with van der Waals surface area (Å²) in [5.41, 5.74) is 1.78. The highest BCUT2D eigenvalue weighted by Crippen LogP contribution is 2.29. The average Bonchev–Trinajstić information content (AvgIpc) is 2.95. The zero-order valence-electron chi connectivity index (χ0n) is 15.4. The highest BCUT2D eigenvalue weighted by atomic mass is 35.5. The van der Waals surface area contributed by atoms with E-state index < -0.39 is 11.8 Å². The van der Waals surface area contributed by atoms with E-state index >= 15 is 0 Å². The van der Waals surface area contributed by atoms with Crippen LogP contribution in [0.15, 0.2) is 48.5 Å². The molecule has 0 unspecified atom stereocenters. The maximum absolute atomic E-state index is 12.7. The molecule has 3 amide bonds. The minimum atomic E-state index is -0.488. The number of imide groups is 1. The van der Waals surface area contributed by atoms with Crippen molar-refractivity contribution in [3.8, 4) is 0 Å². The molecule has 0 saturated carbocycles. The number of piperidine rings is 1. The van der Waals surface area contributed by atoms with Crippen LogP contribution in [-0.2, 0) is 11.2 Å². The zero-order valence-corrected chi connectivity index (χ0v) is 16.2. The van der Waals surface area contributed by atoms with E-state index in [1.807, 2.05) is 18.2 Å². The zero-order chi connectivity index (χ0) is 19.7. The van der Waals surface area contributed by atoms with Crippen LogP contribution in [0, 0.1) is 5.92 Å². The van der Waals surface area contributed by atoms with Crippen LogP contribution in [0.3, 0.4) is 0 Å². The molecule has 5 nitrogen and oxygen atoms in total.